The summed E-state index contributed by atoms with van der Waals surface area (Å²) >= 11 is 0. The topological polar surface area (TPSA) is 49.3 Å². The second-order valence-corrected chi connectivity index (χ2v) is 5.66. The van der Waals surface area contributed by atoms with Gasteiger partial charge in [-0.2, -0.15) is 26.3 Å². The van der Waals surface area contributed by atoms with Gasteiger partial charge in [0.25, 0.3) is 0 Å². The number of rotatable bonds is 3. The normalized spacial score (nSPS) is 27.8. The van der Waals surface area contributed by atoms with Crippen LogP contribution in [0.15, 0.2) is 0 Å². The third kappa shape index (κ3) is 5.05. The van der Waals surface area contributed by atoms with Crippen LogP contribution in [0.4, 0.5) is 26.3 Å². The number of nitrogens with one attached hydrogen (secondary N) is 1. The van der Waals surface area contributed by atoms with Gasteiger partial charge in [-0.25, -0.2) is 0 Å². The maximum absolute atomic E-state index is 12.3. The molecule has 1 fully saturated rings. The van der Waals surface area contributed by atoms with Crippen molar-refractivity contribution in [1.29, 1.82) is 0 Å². The number of amides is 1. The second-order valence-electron chi connectivity index (χ2n) is 5.66. The van der Waals surface area contributed by atoms with Crippen LogP contribution < -0.4 is 5.32 Å². The minimum Gasteiger partial charge on any atom is -0.388 e. The molecule has 3 nitrogen and oxygen atoms in total. The van der Waals surface area contributed by atoms with E-state index in [0.717, 1.165) is 6.42 Å². The first-order chi connectivity index (χ1) is 9.35. The van der Waals surface area contributed by atoms with Gasteiger partial charge in [0.15, 0.2) is 0 Å². The summed E-state index contributed by atoms with van der Waals surface area (Å²) in [5.41, 5.74) is -1.45. The quantitative estimate of drug-likeness (QED) is 0.785. The summed E-state index contributed by atoms with van der Waals surface area (Å²) < 4.78 is 74.1. The molecule has 0 heterocycles. The molecule has 9 heteroatoms. The lowest BCUT2D eigenvalue weighted by Crippen LogP contribution is -2.52. The van der Waals surface area contributed by atoms with Crippen molar-refractivity contribution in [1.82, 2.24) is 5.32 Å². The van der Waals surface area contributed by atoms with E-state index in [2.05, 4.69) is 0 Å². The first-order valence-corrected chi connectivity index (χ1v) is 6.49. The summed E-state index contributed by atoms with van der Waals surface area (Å²) in [7, 11) is 0. The molecule has 2 N–H and O–H groups in total. The number of carbonyl (C=O) groups is 1. The van der Waals surface area contributed by atoms with E-state index in [-0.39, 0.29) is 18.8 Å². The molecule has 2 unspecified atom stereocenters. The zero-order valence-corrected chi connectivity index (χ0v) is 11.3. The molecule has 0 aliphatic heterocycles. The van der Waals surface area contributed by atoms with Gasteiger partial charge in [0.05, 0.1) is 5.60 Å². The van der Waals surface area contributed by atoms with Crippen molar-refractivity contribution in [3.63, 3.8) is 0 Å². The van der Waals surface area contributed by atoms with E-state index in [1.165, 1.54) is 0 Å². The van der Waals surface area contributed by atoms with Crippen LogP contribution >= 0.6 is 0 Å². The number of aliphatic hydroxyl groups is 1. The number of hydrogen-bond acceptors (Lipinski definition) is 2. The first-order valence-electron chi connectivity index (χ1n) is 6.49. The van der Waals surface area contributed by atoms with Gasteiger partial charge in [-0.05, 0) is 18.8 Å². The largest absolute Gasteiger partial charge is 0.409 e. The molecule has 0 aromatic rings. The molecule has 0 radical (unpaired) electrons. The standard InChI is InChI=1S/C12H17F6NO2/c1-7-3-2-4-10(21,5-7)6-19-9(20)8(11(13,14)15)12(16,17)18/h7-8,21H,2-6H2,1H3,(H,19,20). The Morgan fingerprint density at radius 3 is 2.24 bits per heavy atom. The van der Waals surface area contributed by atoms with Crippen molar-refractivity contribution in [2.45, 2.75) is 50.6 Å². The van der Waals surface area contributed by atoms with E-state index in [1.807, 2.05) is 6.92 Å². The lowest BCUT2D eigenvalue weighted by molar-refractivity contribution is -0.274. The highest BCUT2D eigenvalue weighted by atomic mass is 19.4. The van der Waals surface area contributed by atoms with Crippen LogP contribution in [0, 0.1) is 11.8 Å². The number of halogens is 6. The first kappa shape index (κ1) is 18.1. The van der Waals surface area contributed by atoms with Crippen LogP contribution in [0.3, 0.4) is 0 Å². The molecule has 1 aliphatic carbocycles. The fourth-order valence-corrected chi connectivity index (χ4v) is 2.63. The Labute approximate surface area is 117 Å². The molecular formula is C12H17F6NO2. The predicted molar refractivity (Wildman–Crippen MR) is 61.2 cm³/mol. The van der Waals surface area contributed by atoms with Gasteiger partial charge in [-0.15, -0.1) is 0 Å². The Hall–Kier alpha value is -0.990. The molecule has 1 amide bonds. The van der Waals surface area contributed by atoms with Crippen molar-refractivity contribution in [3.8, 4) is 0 Å². The summed E-state index contributed by atoms with van der Waals surface area (Å²) in [6, 6.07) is 0. The molecule has 2 atom stereocenters. The zero-order chi connectivity index (χ0) is 16.5. The smallest absolute Gasteiger partial charge is 0.388 e. The highest BCUT2D eigenvalue weighted by Gasteiger charge is 2.61. The highest BCUT2D eigenvalue weighted by Crippen LogP contribution is 2.39. The maximum Gasteiger partial charge on any atom is 0.409 e. The molecule has 1 rings (SSSR count). The molecule has 124 valence electrons. The molecule has 0 bridgehead atoms. The van der Waals surface area contributed by atoms with Crippen molar-refractivity contribution in [3.05, 3.63) is 0 Å². The van der Waals surface area contributed by atoms with Gasteiger partial charge >= 0.3 is 12.4 Å². The summed E-state index contributed by atoms with van der Waals surface area (Å²) in [5, 5.41) is 11.7. The monoisotopic (exact) mass is 321 g/mol. The van der Waals surface area contributed by atoms with E-state index in [1.54, 1.807) is 5.32 Å². The third-order valence-corrected chi connectivity index (χ3v) is 3.58. The summed E-state index contributed by atoms with van der Waals surface area (Å²) in [6.45, 7) is 1.21. The Kier molecular flexibility index (Phi) is 5.18. The third-order valence-electron chi connectivity index (χ3n) is 3.58. The van der Waals surface area contributed by atoms with E-state index >= 15 is 0 Å². The fourth-order valence-electron chi connectivity index (χ4n) is 2.63. The van der Waals surface area contributed by atoms with Crippen LogP contribution in [-0.2, 0) is 4.79 Å². The van der Waals surface area contributed by atoms with Crippen LogP contribution in [0.5, 0.6) is 0 Å². The minimum atomic E-state index is -5.72. The predicted octanol–water partition coefficient (Wildman–Crippen LogP) is 2.78. The average Bonchev–Trinajstić information content (AvgIpc) is 2.22. The van der Waals surface area contributed by atoms with Crippen molar-refractivity contribution in [2.24, 2.45) is 11.8 Å². The maximum atomic E-state index is 12.3. The lowest BCUT2D eigenvalue weighted by atomic mass is 9.79. The average molecular weight is 321 g/mol. The minimum absolute atomic E-state index is 0.0988. The van der Waals surface area contributed by atoms with Crippen molar-refractivity contribution < 1.29 is 36.2 Å². The Balaban J connectivity index is 2.71. The van der Waals surface area contributed by atoms with Gasteiger partial charge in [0, 0.05) is 6.54 Å². The van der Waals surface area contributed by atoms with E-state index in [4.69, 9.17) is 0 Å². The van der Waals surface area contributed by atoms with Crippen LogP contribution in [0.1, 0.15) is 32.6 Å². The lowest BCUT2D eigenvalue weighted by Gasteiger charge is -2.36. The molecule has 0 spiro atoms. The summed E-state index contributed by atoms with van der Waals surface area (Å²) in [5.74, 6) is -6.15. The van der Waals surface area contributed by atoms with Crippen molar-refractivity contribution in [2.75, 3.05) is 6.54 Å². The van der Waals surface area contributed by atoms with E-state index < -0.39 is 36.3 Å². The van der Waals surface area contributed by atoms with Gasteiger partial charge < -0.3 is 10.4 Å². The van der Waals surface area contributed by atoms with Crippen LogP contribution in [0.25, 0.3) is 0 Å². The Bertz CT molecular complexity index is 367. The van der Waals surface area contributed by atoms with Crippen molar-refractivity contribution >= 4 is 5.91 Å². The molecule has 0 aromatic carbocycles. The molecule has 1 saturated carbocycles. The summed E-state index contributed by atoms with van der Waals surface area (Å²) in [4.78, 5) is 11.2. The van der Waals surface area contributed by atoms with Crippen LogP contribution in [-0.4, -0.2) is 35.5 Å². The fraction of sp³-hybridized carbons (Fsp3) is 0.917. The molecule has 21 heavy (non-hydrogen) atoms. The van der Waals surface area contributed by atoms with Gasteiger partial charge in [-0.3, -0.25) is 4.79 Å². The Morgan fingerprint density at radius 1 is 1.29 bits per heavy atom. The van der Waals surface area contributed by atoms with Gasteiger partial charge in [0.1, 0.15) is 0 Å². The van der Waals surface area contributed by atoms with Crippen LogP contribution in [0.2, 0.25) is 0 Å². The van der Waals surface area contributed by atoms with Gasteiger partial charge in [-0.1, -0.05) is 19.8 Å². The summed E-state index contributed by atoms with van der Waals surface area (Å²) in [6.07, 6.45) is -9.54. The highest BCUT2D eigenvalue weighted by molar-refractivity contribution is 5.80. The van der Waals surface area contributed by atoms with Gasteiger partial charge in [0.2, 0.25) is 11.8 Å². The molecule has 0 saturated heterocycles. The molecule has 0 aromatic heterocycles. The number of alkyl halides is 6. The molecule has 1 aliphatic rings. The molecular weight excluding hydrogens is 304 g/mol. The van der Waals surface area contributed by atoms with E-state index in [0.29, 0.717) is 6.42 Å². The Morgan fingerprint density at radius 2 is 1.81 bits per heavy atom. The SMILES string of the molecule is CC1CCCC(O)(CNC(=O)C(C(F)(F)F)C(F)(F)F)C1. The second kappa shape index (κ2) is 6.02. The number of carbonyl (C=O) groups excluding carboxylic acids is 1. The number of hydrogen-bond donors (Lipinski definition) is 2. The van der Waals surface area contributed by atoms with E-state index in [9.17, 15) is 36.2 Å². The zero-order valence-electron chi connectivity index (χ0n) is 11.3.